The Labute approximate surface area is 113 Å². The molecule has 0 amide bonds. The third-order valence-corrected chi connectivity index (χ3v) is 4.48. The molecule has 1 unspecified atom stereocenters. The lowest BCUT2D eigenvalue weighted by Gasteiger charge is -2.28. The molecule has 1 atom stereocenters. The maximum atomic E-state index is 3.64. The summed E-state index contributed by atoms with van der Waals surface area (Å²) in [5.74, 6) is 1.02. The van der Waals surface area contributed by atoms with Gasteiger partial charge in [-0.05, 0) is 51.2 Å². The zero-order valence-corrected chi connectivity index (χ0v) is 12.3. The Morgan fingerprint density at radius 3 is 2.22 bits per heavy atom. The molecule has 0 aromatic heterocycles. The van der Waals surface area contributed by atoms with Crippen molar-refractivity contribution in [1.29, 1.82) is 0 Å². The van der Waals surface area contributed by atoms with Crippen LogP contribution in [0.3, 0.4) is 0 Å². The van der Waals surface area contributed by atoms with Gasteiger partial charge in [0.05, 0.1) is 0 Å². The Morgan fingerprint density at radius 1 is 0.944 bits per heavy atom. The van der Waals surface area contributed by atoms with Gasteiger partial charge in [0, 0.05) is 32.2 Å². The zero-order chi connectivity index (χ0) is 12.8. The summed E-state index contributed by atoms with van der Waals surface area (Å²) >= 11 is 0. The minimum absolute atomic E-state index is 0.764. The molecule has 0 aromatic rings. The first kappa shape index (κ1) is 14.3. The molecule has 2 rings (SSSR count). The summed E-state index contributed by atoms with van der Waals surface area (Å²) < 4.78 is 0. The summed E-state index contributed by atoms with van der Waals surface area (Å²) in [5.41, 5.74) is 0. The van der Waals surface area contributed by atoms with Crippen molar-refractivity contribution in [3.63, 3.8) is 0 Å². The Hall–Kier alpha value is -0.120. The molecular formula is C15H31N3. The van der Waals surface area contributed by atoms with Crippen molar-refractivity contribution >= 4 is 0 Å². The maximum absolute atomic E-state index is 3.64. The highest BCUT2D eigenvalue weighted by Crippen LogP contribution is 2.29. The average molecular weight is 253 g/mol. The van der Waals surface area contributed by atoms with Crippen molar-refractivity contribution in [1.82, 2.24) is 15.1 Å². The van der Waals surface area contributed by atoms with E-state index in [2.05, 4.69) is 29.0 Å². The quantitative estimate of drug-likeness (QED) is 0.676. The number of likely N-dealkylation sites (N-methyl/N-ethyl adjacent to an activating group) is 1. The molecule has 0 spiro atoms. The normalized spacial score (nSPS) is 24.3. The van der Waals surface area contributed by atoms with Crippen LogP contribution in [0.4, 0.5) is 0 Å². The van der Waals surface area contributed by atoms with Crippen LogP contribution >= 0.6 is 0 Å². The van der Waals surface area contributed by atoms with E-state index in [4.69, 9.17) is 0 Å². The van der Waals surface area contributed by atoms with Gasteiger partial charge in [-0.2, -0.15) is 0 Å². The lowest BCUT2D eigenvalue weighted by Crippen LogP contribution is -2.42. The van der Waals surface area contributed by atoms with Crippen LogP contribution in [0.5, 0.6) is 0 Å². The Kier molecular flexibility index (Phi) is 5.93. The van der Waals surface area contributed by atoms with E-state index in [0.29, 0.717) is 0 Å². The predicted octanol–water partition coefficient (Wildman–Crippen LogP) is 1.79. The van der Waals surface area contributed by atoms with E-state index in [1.54, 1.807) is 0 Å². The fraction of sp³-hybridized carbons (Fsp3) is 1.00. The van der Waals surface area contributed by atoms with Crippen LogP contribution in [0.15, 0.2) is 0 Å². The van der Waals surface area contributed by atoms with E-state index in [1.165, 1.54) is 71.5 Å². The van der Waals surface area contributed by atoms with Gasteiger partial charge in [-0.15, -0.1) is 0 Å². The molecule has 1 N–H and O–H groups in total. The van der Waals surface area contributed by atoms with Crippen LogP contribution in [-0.4, -0.2) is 61.7 Å². The predicted molar refractivity (Wildman–Crippen MR) is 78.0 cm³/mol. The first-order valence-corrected chi connectivity index (χ1v) is 8.00. The molecule has 2 aliphatic rings. The lowest BCUT2D eigenvalue weighted by molar-refractivity contribution is 0.196. The van der Waals surface area contributed by atoms with Crippen molar-refractivity contribution in [3.8, 4) is 0 Å². The van der Waals surface area contributed by atoms with Crippen molar-refractivity contribution in [2.24, 2.45) is 5.92 Å². The molecule has 18 heavy (non-hydrogen) atoms. The van der Waals surface area contributed by atoms with Crippen molar-refractivity contribution in [3.05, 3.63) is 0 Å². The van der Waals surface area contributed by atoms with Gasteiger partial charge in [-0.25, -0.2) is 0 Å². The SMILES string of the molecule is CCN(CC)CCN(CC1CC1)CC1CCCN1. The molecular weight excluding hydrogens is 222 g/mol. The highest BCUT2D eigenvalue weighted by Gasteiger charge is 2.26. The number of nitrogens with zero attached hydrogens (tertiary/aromatic N) is 2. The van der Waals surface area contributed by atoms with Crippen LogP contribution in [0, 0.1) is 5.92 Å². The number of hydrogen-bond donors (Lipinski definition) is 1. The molecule has 1 aliphatic carbocycles. The van der Waals surface area contributed by atoms with E-state index in [9.17, 15) is 0 Å². The summed E-state index contributed by atoms with van der Waals surface area (Å²) in [4.78, 5) is 5.26. The third-order valence-electron chi connectivity index (χ3n) is 4.48. The minimum Gasteiger partial charge on any atom is -0.313 e. The molecule has 1 heterocycles. The number of rotatable bonds is 9. The second kappa shape index (κ2) is 7.46. The topological polar surface area (TPSA) is 18.5 Å². The van der Waals surface area contributed by atoms with Crippen molar-refractivity contribution in [2.45, 2.75) is 45.6 Å². The smallest absolute Gasteiger partial charge is 0.0195 e. The van der Waals surface area contributed by atoms with Crippen molar-refractivity contribution < 1.29 is 0 Å². The zero-order valence-electron chi connectivity index (χ0n) is 12.3. The van der Waals surface area contributed by atoms with Gasteiger partial charge in [-0.3, -0.25) is 0 Å². The van der Waals surface area contributed by atoms with Gasteiger partial charge in [0.2, 0.25) is 0 Å². The van der Waals surface area contributed by atoms with E-state index in [1.807, 2.05) is 0 Å². The van der Waals surface area contributed by atoms with Crippen molar-refractivity contribution in [2.75, 3.05) is 45.8 Å². The molecule has 1 saturated carbocycles. The number of hydrogen-bond acceptors (Lipinski definition) is 3. The molecule has 1 saturated heterocycles. The van der Waals surface area contributed by atoms with Gasteiger partial charge >= 0.3 is 0 Å². The Bertz CT molecular complexity index is 218. The van der Waals surface area contributed by atoms with Crippen LogP contribution in [0.2, 0.25) is 0 Å². The van der Waals surface area contributed by atoms with Gasteiger partial charge in [0.25, 0.3) is 0 Å². The summed E-state index contributed by atoms with van der Waals surface area (Å²) in [7, 11) is 0. The fourth-order valence-electron chi connectivity index (χ4n) is 2.97. The average Bonchev–Trinajstić information content (AvgIpc) is 3.04. The molecule has 2 fully saturated rings. The molecule has 0 bridgehead atoms. The van der Waals surface area contributed by atoms with Gasteiger partial charge in [0.15, 0.2) is 0 Å². The Morgan fingerprint density at radius 2 is 1.67 bits per heavy atom. The Balaban J connectivity index is 1.72. The monoisotopic (exact) mass is 253 g/mol. The maximum Gasteiger partial charge on any atom is 0.0195 e. The van der Waals surface area contributed by atoms with Crippen LogP contribution in [0.25, 0.3) is 0 Å². The molecule has 3 heteroatoms. The van der Waals surface area contributed by atoms with Crippen LogP contribution < -0.4 is 5.32 Å². The highest BCUT2D eigenvalue weighted by atomic mass is 15.2. The summed E-state index contributed by atoms with van der Waals surface area (Å²) in [6.07, 6.45) is 5.70. The second-order valence-corrected chi connectivity index (χ2v) is 6.02. The summed E-state index contributed by atoms with van der Waals surface area (Å²) in [6, 6.07) is 0.764. The molecule has 106 valence electrons. The summed E-state index contributed by atoms with van der Waals surface area (Å²) in [5, 5.41) is 3.64. The lowest BCUT2D eigenvalue weighted by atomic mass is 10.2. The minimum atomic E-state index is 0.764. The van der Waals surface area contributed by atoms with Gasteiger partial charge < -0.3 is 15.1 Å². The first-order valence-electron chi connectivity index (χ1n) is 8.00. The standard InChI is InChI=1S/C15H31N3/c1-3-17(4-2)10-11-18(12-14-7-8-14)13-15-6-5-9-16-15/h14-16H,3-13H2,1-2H3. The number of nitrogens with one attached hydrogen (secondary N) is 1. The van der Waals surface area contributed by atoms with Gasteiger partial charge in [-0.1, -0.05) is 13.8 Å². The largest absolute Gasteiger partial charge is 0.313 e. The second-order valence-electron chi connectivity index (χ2n) is 6.02. The van der Waals surface area contributed by atoms with Gasteiger partial charge in [0.1, 0.15) is 0 Å². The summed E-state index contributed by atoms with van der Waals surface area (Å²) in [6.45, 7) is 13.3. The first-order chi connectivity index (χ1) is 8.81. The molecule has 0 aromatic carbocycles. The fourth-order valence-corrected chi connectivity index (χ4v) is 2.97. The molecule has 0 radical (unpaired) electrons. The van der Waals surface area contributed by atoms with E-state index >= 15 is 0 Å². The highest BCUT2D eigenvalue weighted by molar-refractivity contribution is 4.82. The molecule has 1 aliphatic heterocycles. The van der Waals surface area contributed by atoms with Crippen LogP contribution in [0.1, 0.15) is 39.5 Å². The van der Waals surface area contributed by atoms with Crippen LogP contribution in [-0.2, 0) is 0 Å². The third kappa shape index (κ3) is 4.87. The van der Waals surface area contributed by atoms with E-state index in [-0.39, 0.29) is 0 Å². The van der Waals surface area contributed by atoms with E-state index < -0.39 is 0 Å². The van der Waals surface area contributed by atoms with E-state index in [0.717, 1.165) is 12.0 Å². The molecule has 3 nitrogen and oxygen atoms in total.